The van der Waals surface area contributed by atoms with Crippen molar-refractivity contribution in [3.05, 3.63) is 39.0 Å². The number of allylic oxidation sites excluding steroid dienone is 1. The number of ether oxygens (including phenoxy) is 1. The molecule has 2 rings (SSSR count). The topological polar surface area (TPSA) is 97.0 Å². The van der Waals surface area contributed by atoms with Crippen LogP contribution in [0.15, 0.2) is 20.9 Å². The van der Waals surface area contributed by atoms with Crippen LogP contribution in [0.25, 0.3) is 0 Å². The normalized spacial score (nSPS) is 25.7. The van der Waals surface area contributed by atoms with Gasteiger partial charge in [-0.25, -0.2) is 9.59 Å². The first-order valence-corrected chi connectivity index (χ1v) is 7.60. The van der Waals surface area contributed by atoms with Gasteiger partial charge in [-0.3, -0.25) is 0 Å². The molecule has 23 heavy (non-hydrogen) atoms. The average Bonchev–Trinajstić information content (AvgIpc) is 2.47. The van der Waals surface area contributed by atoms with Crippen molar-refractivity contribution >= 4 is 5.97 Å². The van der Waals surface area contributed by atoms with Gasteiger partial charge in [0.05, 0.1) is 5.56 Å². The first-order chi connectivity index (χ1) is 10.6. The summed E-state index contributed by atoms with van der Waals surface area (Å²) in [6.45, 7) is 8.51. The zero-order valence-electron chi connectivity index (χ0n) is 14.0. The number of carbonyl (C=O) groups is 1. The Labute approximate surface area is 134 Å². The van der Waals surface area contributed by atoms with Gasteiger partial charge in [0.1, 0.15) is 11.3 Å². The SMILES string of the molecule is CCC(C)/C=C(\C)[C@@H]1OC(=O)c2c(oc(=O)c(C)c2O)[C@]1(C)O. The second kappa shape index (κ2) is 5.85. The number of aromatic hydroxyl groups is 1. The molecule has 0 radical (unpaired) electrons. The number of fused-ring (bicyclic) bond motifs is 1. The van der Waals surface area contributed by atoms with Crippen LogP contribution in [0, 0.1) is 12.8 Å². The summed E-state index contributed by atoms with van der Waals surface area (Å²) in [6.07, 6.45) is 1.82. The van der Waals surface area contributed by atoms with Crippen molar-refractivity contribution in [2.75, 3.05) is 0 Å². The molecule has 126 valence electrons. The van der Waals surface area contributed by atoms with E-state index in [2.05, 4.69) is 0 Å². The van der Waals surface area contributed by atoms with Crippen molar-refractivity contribution in [1.82, 2.24) is 0 Å². The maximum absolute atomic E-state index is 12.2. The van der Waals surface area contributed by atoms with Crippen LogP contribution in [0.2, 0.25) is 0 Å². The fraction of sp³-hybridized carbons (Fsp3) is 0.529. The van der Waals surface area contributed by atoms with Crippen molar-refractivity contribution in [2.24, 2.45) is 5.92 Å². The highest BCUT2D eigenvalue weighted by Gasteiger charge is 2.49. The Morgan fingerprint density at radius 1 is 1.43 bits per heavy atom. The van der Waals surface area contributed by atoms with E-state index in [1.807, 2.05) is 19.9 Å². The van der Waals surface area contributed by atoms with Crippen molar-refractivity contribution < 1.29 is 24.2 Å². The van der Waals surface area contributed by atoms with Crippen LogP contribution in [0.4, 0.5) is 0 Å². The number of hydrogen-bond donors (Lipinski definition) is 2. The van der Waals surface area contributed by atoms with E-state index < -0.39 is 29.0 Å². The molecule has 0 fully saturated rings. The van der Waals surface area contributed by atoms with E-state index in [0.717, 1.165) is 6.42 Å². The lowest BCUT2D eigenvalue weighted by Crippen LogP contribution is -2.46. The van der Waals surface area contributed by atoms with Gasteiger partial charge in [0.25, 0.3) is 0 Å². The molecule has 2 heterocycles. The van der Waals surface area contributed by atoms with Gasteiger partial charge in [-0.15, -0.1) is 0 Å². The zero-order chi connectivity index (χ0) is 17.5. The fourth-order valence-electron chi connectivity index (χ4n) is 2.75. The van der Waals surface area contributed by atoms with Gasteiger partial charge >= 0.3 is 11.6 Å². The molecule has 1 aliphatic rings. The van der Waals surface area contributed by atoms with Crippen molar-refractivity contribution in [1.29, 1.82) is 0 Å². The second-order valence-electron chi connectivity index (χ2n) is 6.30. The Balaban J connectivity index is 2.62. The predicted octanol–water partition coefficient (Wildman–Crippen LogP) is 2.39. The molecule has 0 amide bonds. The fourth-order valence-corrected chi connectivity index (χ4v) is 2.75. The molecular formula is C17H22O6. The first-order valence-electron chi connectivity index (χ1n) is 7.60. The molecule has 1 unspecified atom stereocenters. The van der Waals surface area contributed by atoms with Crippen molar-refractivity contribution in [2.45, 2.75) is 52.7 Å². The largest absolute Gasteiger partial charge is 0.506 e. The molecule has 6 nitrogen and oxygen atoms in total. The smallest absolute Gasteiger partial charge is 0.346 e. The number of rotatable bonds is 3. The minimum absolute atomic E-state index is 0.0955. The molecule has 1 aromatic rings. The van der Waals surface area contributed by atoms with Crippen molar-refractivity contribution in [3.8, 4) is 5.75 Å². The number of carbonyl (C=O) groups excluding carboxylic acids is 1. The van der Waals surface area contributed by atoms with Crippen LogP contribution >= 0.6 is 0 Å². The molecule has 3 atom stereocenters. The molecule has 0 bridgehead atoms. The molecule has 1 aromatic heterocycles. The molecular weight excluding hydrogens is 300 g/mol. The van der Waals surface area contributed by atoms with Gasteiger partial charge in [-0.05, 0) is 32.3 Å². The van der Waals surface area contributed by atoms with E-state index in [-0.39, 0.29) is 22.8 Å². The summed E-state index contributed by atoms with van der Waals surface area (Å²) in [5.41, 5.74) is -2.27. The summed E-state index contributed by atoms with van der Waals surface area (Å²) in [5, 5.41) is 20.9. The van der Waals surface area contributed by atoms with E-state index in [9.17, 15) is 19.8 Å². The third-order valence-electron chi connectivity index (χ3n) is 4.32. The van der Waals surface area contributed by atoms with E-state index in [0.29, 0.717) is 5.57 Å². The highest BCUT2D eigenvalue weighted by molar-refractivity contribution is 5.95. The van der Waals surface area contributed by atoms with Crippen LogP contribution in [0.3, 0.4) is 0 Å². The maximum Gasteiger partial charge on any atom is 0.346 e. The maximum atomic E-state index is 12.2. The van der Waals surface area contributed by atoms with Crippen LogP contribution in [-0.2, 0) is 10.3 Å². The Bertz CT molecular complexity index is 725. The highest BCUT2D eigenvalue weighted by Crippen LogP contribution is 2.41. The Kier molecular flexibility index (Phi) is 4.39. The van der Waals surface area contributed by atoms with Crippen LogP contribution in [0.1, 0.15) is 55.8 Å². The Morgan fingerprint density at radius 2 is 2.04 bits per heavy atom. The lowest BCUT2D eigenvalue weighted by atomic mass is 9.84. The molecule has 0 spiro atoms. The molecule has 1 aliphatic heterocycles. The summed E-state index contributed by atoms with van der Waals surface area (Å²) >= 11 is 0. The monoisotopic (exact) mass is 322 g/mol. The third-order valence-corrected chi connectivity index (χ3v) is 4.32. The third kappa shape index (κ3) is 2.79. The molecule has 0 aliphatic carbocycles. The second-order valence-corrected chi connectivity index (χ2v) is 6.30. The van der Waals surface area contributed by atoms with Gasteiger partial charge < -0.3 is 19.4 Å². The van der Waals surface area contributed by atoms with Crippen LogP contribution in [-0.4, -0.2) is 22.3 Å². The van der Waals surface area contributed by atoms with E-state index in [4.69, 9.17) is 9.15 Å². The molecule has 6 heteroatoms. The lowest BCUT2D eigenvalue weighted by Gasteiger charge is -2.37. The van der Waals surface area contributed by atoms with Gasteiger partial charge in [0.15, 0.2) is 17.5 Å². The van der Waals surface area contributed by atoms with Crippen LogP contribution < -0.4 is 5.63 Å². The van der Waals surface area contributed by atoms with Gasteiger partial charge in [-0.2, -0.15) is 0 Å². The molecule has 2 N–H and O–H groups in total. The quantitative estimate of drug-likeness (QED) is 0.655. The van der Waals surface area contributed by atoms with Gasteiger partial charge in [0.2, 0.25) is 0 Å². The number of hydrogen-bond acceptors (Lipinski definition) is 6. The minimum atomic E-state index is -1.75. The average molecular weight is 322 g/mol. The Morgan fingerprint density at radius 3 is 2.61 bits per heavy atom. The Hall–Kier alpha value is -2.08. The summed E-state index contributed by atoms with van der Waals surface area (Å²) in [4.78, 5) is 24.0. The van der Waals surface area contributed by atoms with E-state index >= 15 is 0 Å². The van der Waals surface area contributed by atoms with Crippen molar-refractivity contribution in [3.63, 3.8) is 0 Å². The summed E-state index contributed by atoms with van der Waals surface area (Å²) in [7, 11) is 0. The van der Waals surface area contributed by atoms with Gasteiger partial charge in [-0.1, -0.05) is 26.3 Å². The summed E-state index contributed by atoms with van der Waals surface area (Å²) in [5.74, 6) is -1.35. The van der Waals surface area contributed by atoms with E-state index in [1.165, 1.54) is 13.8 Å². The van der Waals surface area contributed by atoms with Gasteiger partial charge in [0, 0.05) is 0 Å². The molecule has 0 saturated heterocycles. The highest BCUT2D eigenvalue weighted by atomic mass is 16.6. The first kappa shape index (κ1) is 17.3. The number of cyclic esters (lactones) is 1. The number of aliphatic hydroxyl groups is 1. The molecule has 0 aromatic carbocycles. The zero-order valence-corrected chi connectivity index (χ0v) is 14.0. The number of esters is 1. The molecule has 0 saturated carbocycles. The minimum Gasteiger partial charge on any atom is -0.506 e. The summed E-state index contributed by atoms with van der Waals surface area (Å²) < 4.78 is 10.4. The standard InChI is InChI=1S/C17H22O6/c1-6-8(2)7-9(3)13-17(5,21)14-11(16(20)22-13)12(18)10(4)15(19)23-14/h7-8,13,18,21H,6H2,1-5H3/b9-7+/t8?,13-,17+/m0/s1. The van der Waals surface area contributed by atoms with Crippen LogP contribution in [0.5, 0.6) is 5.75 Å². The predicted molar refractivity (Wildman–Crippen MR) is 83.4 cm³/mol. The summed E-state index contributed by atoms with van der Waals surface area (Å²) in [6, 6.07) is 0. The van der Waals surface area contributed by atoms with E-state index in [1.54, 1.807) is 6.92 Å². The lowest BCUT2D eigenvalue weighted by molar-refractivity contribution is -0.0881.